The highest BCUT2D eigenvalue weighted by atomic mass is 16.6. The minimum atomic E-state index is -0.599. The van der Waals surface area contributed by atoms with Gasteiger partial charge in [-0.25, -0.2) is 9.59 Å². The van der Waals surface area contributed by atoms with Gasteiger partial charge in [-0.3, -0.25) is 10.2 Å². The van der Waals surface area contributed by atoms with Gasteiger partial charge in [-0.05, 0) is 30.7 Å². The summed E-state index contributed by atoms with van der Waals surface area (Å²) < 4.78 is 15.7. The summed E-state index contributed by atoms with van der Waals surface area (Å²) in [6.07, 6.45) is 0.912. The molecule has 2 rings (SSSR count). The van der Waals surface area contributed by atoms with Crippen molar-refractivity contribution in [3.63, 3.8) is 0 Å². The fourth-order valence-electron chi connectivity index (χ4n) is 2.40. The summed E-state index contributed by atoms with van der Waals surface area (Å²) in [5.41, 5.74) is 1.18. The number of methoxy groups -OCH3 is 1. The zero-order valence-corrected chi connectivity index (χ0v) is 16.2. The van der Waals surface area contributed by atoms with Gasteiger partial charge in [0.05, 0.1) is 20.3 Å². The van der Waals surface area contributed by atoms with E-state index in [0.29, 0.717) is 31.2 Å². The van der Waals surface area contributed by atoms with E-state index in [1.807, 2.05) is 30.3 Å². The minimum Gasteiger partial charge on any atom is -0.453 e. The number of anilines is 2. The first kappa shape index (κ1) is 21.2. The highest BCUT2D eigenvalue weighted by molar-refractivity contribution is 5.89. The molecule has 7 nitrogen and oxygen atoms in total. The number of carbonyl (C=O) groups excluding carboxylic acids is 2. The molecule has 0 aliphatic carbocycles. The average Bonchev–Trinajstić information content (AvgIpc) is 2.71. The van der Waals surface area contributed by atoms with Gasteiger partial charge in [0.1, 0.15) is 5.75 Å². The number of nitrogens with zero attached hydrogens (tertiary/aromatic N) is 1. The van der Waals surface area contributed by atoms with Crippen LogP contribution in [0.1, 0.15) is 19.8 Å². The standard InChI is InChI=1S/C21H26N2O5/c1-3-4-14-27-15-13-23(18-10-6-5-7-11-18)21(25)28-19-12-8-9-17(16-19)22-20(24)26-2/h5-12,16H,3-4,13-15H2,1-2H3,(H,22,24). The Morgan fingerprint density at radius 1 is 1.04 bits per heavy atom. The lowest BCUT2D eigenvalue weighted by atomic mass is 10.3. The summed E-state index contributed by atoms with van der Waals surface area (Å²) in [6, 6.07) is 15.8. The first-order valence-electron chi connectivity index (χ1n) is 9.21. The fraction of sp³-hybridized carbons (Fsp3) is 0.333. The molecule has 7 heteroatoms. The number of rotatable bonds is 9. The monoisotopic (exact) mass is 386 g/mol. The SMILES string of the molecule is CCCCOCCN(C(=O)Oc1cccc(NC(=O)OC)c1)c1ccccc1. The van der Waals surface area contributed by atoms with E-state index < -0.39 is 12.2 Å². The molecule has 0 radical (unpaired) electrons. The van der Waals surface area contributed by atoms with Gasteiger partial charge in [-0.15, -0.1) is 0 Å². The molecule has 0 atom stereocenters. The Hall–Kier alpha value is -3.06. The van der Waals surface area contributed by atoms with Crippen molar-refractivity contribution in [1.82, 2.24) is 0 Å². The van der Waals surface area contributed by atoms with E-state index in [1.165, 1.54) is 12.0 Å². The second kappa shape index (κ2) is 11.6. The molecule has 150 valence electrons. The molecule has 0 aliphatic rings. The van der Waals surface area contributed by atoms with E-state index in [1.54, 1.807) is 24.3 Å². The predicted molar refractivity (Wildman–Crippen MR) is 108 cm³/mol. The molecular formula is C21H26N2O5. The second-order valence-electron chi connectivity index (χ2n) is 5.97. The van der Waals surface area contributed by atoms with Crippen molar-refractivity contribution in [2.45, 2.75) is 19.8 Å². The van der Waals surface area contributed by atoms with Crippen molar-refractivity contribution in [2.24, 2.45) is 0 Å². The third kappa shape index (κ3) is 6.92. The van der Waals surface area contributed by atoms with Crippen molar-refractivity contribution in [1.29, 1.82) is 0 Å². The van der Waals surface area contributed by atoms with Crippen LogP contribution in [0.4, 0.5) is 21.0 Å². The van der Waals surface area contributed by atoms with Crippen LogP contribution in [-0.4, -0.2) is 39.1 Å². The lowest BCUT2D eigenvalue weighted by Crippen LogP contribution is -2.36. The largest absolute Gasteiger partial charge is 0.453 e. The van der Waals surface area contributed by atoms with Crippen LogP contribution < -0.4 is 15.0 Å². The van der Waals surface area contributed by atoms with Crippen molar-refractivity contribution in [2.75, 3.05) is 37.1 Å². The Balaban J connectivity index is 2.05. The maximum atomic E-state index is 12.8. The Kier molecular flexibility index (Phi) is 8.81. The maximum Gasteiger partial charge on any atom is 0.419 e. The van der Waals surface area contributed by atoms with E-state index >= 15 is 0 Å². The molecule has 0 aromatic heterocycles. The molecule has 2 aromatic rings. The van der Waals surface area contributed by atoms with Crippen LogP contribution in [0.3, 0.4) is 0 Å². The van der Waals surface area contributed by atoms with E-state index in [9.17, 15) is 9.59 Å². The Bertz CT molecular complexity index is 751. The molecule has 2 amide bonds. The number of unbranched alkanes of at least 4 members (excludes halogenated alkanes) is 1. The van der Waals surface area contributed by atoms with Crippen LogP contribution in [0.2, 0.25) is 0 Å². The number of para-hydroxylation sites is 1. The summed E-state index contributed by atoms with van der Waals surface area (Å²) in [4.78, 5) is 25.6. The molecule has 0 saturated heterocycles. The number of nitrogens with one attached hydrogen (secondary N) is 1. The highest BCUT2D eigenvalue weighted by Gasteiger charge is 2.18. The Labute approximate surface area is 165 Å². The van der Waals surface area contributed by atoms with Gasteiger partial charge in [0.25, 0.3) is 0 Å². The van der Waals surface area contributed by atoms with Gasteiger partial charge >= 0.3 is 12.2 Å². The topological polar surface area (TPSA) is 77.1 Å². The van der Waals surface area contributed by atoms with E-state index in [-0.39, 0.29) is 0 Å². The molecule has 0 spiro atoms. The molecule has 0 unspecified atom stereocenters. The number of amides is 2. The van der Waals surface area contributed by atoms with Gasteiger partial charge in [0, 0.05) is 24.0 Å². The lowest BCUT2D eigenvalue weighted by molar-refractivity contribution is 0.135. The number of hydrogen-bond acceptors (Lipinski definition) is 5. The first-order valence-corrected chi connectivity index (χ1v) is 9.21. The summed E-state index contributed by atoms with van der Waals surface area (Å²) in [7, 11) is 1.28. The van der Waals surface area contributed by atoms with Crippen molar-refractivity contribution in [3.05, 3.63) is 54.6 Å². The summed E-state index contributed by atoms with van der Waals surface area (Å²) in [5, 5.41) is 2.53. The van der Waals surface area contributed by atoms with Crippen LogP contribution in [0, 0.1) is 0 Å². The summed E-state index contributed by atoms with van der Waals surface area (Å²) in [6.45, 7) is 3.54. The molecule has 28 heavy (non-hydrogen) atoms. The van der Waals surface area contributed by atoms with Crippen LogP contribution in [0.15, 0.2) is 54.6 Å². The zero-order chi connectivity index (χ0) is 20.2. The molecule has 0 aliphatic heterocycles. The average molecular weight is 386 g/mol. The molecule has 0 bridgehead atoms. The second-order valence-corrected chi connectivity index (χ2v) is 5.97. The predicted octanol–water partition coefficient (Wildman–Crippen LogP) is 4.69. The quantitative estimate of drug-likeness (QED) is 0.633. The molecule has 1 N–H and O–H groups in total. The third-order valence-corrected chi connectivity index (χ3v) is 3.86. The number of benzene rings is 2. The maximum absolute atomic E-state index is 12.8. The Morgan fingerprint density at radius 3 is 2.54 bits per heavy atom. The van der Waals surface area contributed by atoms with Crippen LogP contribution >= 0.6 is 0 Å². The van der Waals surface area contributed by atoms with Crippen molar-refractivity contribution in [3.8, 4) is 5.75 Å². The molecular weight excluding hydrogens is 360 g/mol. The summed E-state index contributed by atoms with van der Waals surface area (Å²) >= 11 is 0. The van der Waals surface area contributed by atoms with Crippen LogP contribution in [0.5, 0.6) is 5.75 Å². The Morgan fingerprint density at radius 2 is 1.82 bits per heavy atom. The van der Waals surface area contributed by atoms with Crippen molar-refractivity contribution >= 4 is 23.6 Å². The van der Waals surface area contributed by atoms with Gasteiger partial charge in [-0.2, -0.15) is 0 Å². The first-order chi connectivity index (χ1) is 13.6. The van der Waals surface area contributed by atoms with Gasteiger partial charge in [0.15, 0.2) is 0 Å². The molecule has 0 heterocycles. The van der Waals surface area contributed by atoms with Gasteiger partial charge in [0.2, 0.25) is 0 Å². The van der Waals surface area contributed by atoms with Crippen LogP contribution in [0.25, 0.3) is 0 Å². The fourth-order valence-corrected chi connectivity index (χ4v) is 2.40. The minimum absolute atomic E-state index is 0.312. The van der Waals surface area contributed by atoms with E-state index in [4.69, 9.17) is 9.47 Å². The summed E-state index contributed by atoms with van der Waals surface area (Å²) in [5.74, 6) is 0.312. The lowest BCUT2D eigenvalue weighted by Gasteiger charge is -2.22. The third-order valence-electron chi connectivity index (χ3n) is 3.86. The number of ether oxygens (including phenoxy) is 3. The smallest absolute Gasteiger partial charge is 0.419 e. The molecule has 0 saturated carbocycles. The van der Waals surface area contributed by atoms with Crippen LogP contribution in [-0.2, 0) is 9.47 Å². The van der Waals surface area contributed by atoms with Gasteiger partial charge in [-0.1, -0.05) is 37.6 Å². The molecule has 0 fully saturated rings. The highest BCUT2D eigenvalue weighted by Crippen LogP contribution is 2.20. The zero-order valence-electron chi connectivity index (χ0n) is 16.2. The van der Waals surface area contributed by atoms with E-state index in [0.717, 1.165) is 18.5 Å². The number of carbonyl (C=O) groups is 2. The van der Waals surface area contributed by atoms with Gasteiger partial charge < -0.3 is 14.2 Å². The van der Waals surface area contributed by atoms with Crippen molar-refractivity contribution < 1.29 is 23.8 Å². The normalized spacial score (nSPS) is 10.2. The number of hydrogen-bond donors (Lipinski definition) is 1. The molecule has 2 aromatic carbocycles. The van der Waals surface area contributed by atoms with E-state index in [2.05, 4.69) is 17.0 Å².